The molecule has 0 fully saturated rings. The summed E-state index contributed by atoms with van der Waals surface area (Å²) in [6, 6.07) is 12.6. The standard InChI is InChI=1S/C14H13N5O2S/c1-9-5-7-10(8-6-9)11-3-2-4-12(22(15,20)21)13(11)14-16-18-19-17-14/h2-8H,1H3,(H2,15,20,21)(H,16,17,18,19). The first-order chi connectivity index (χ1) is 10.5. The largest absolute Gasteiger partial charge is 0.238 e. The molecule has 1 heterocycles. The van der Waals surface area contributed by atoms with Gasteiger partial charge in [0.25, 0.3) is 0 Å². The number of nitrogens with zero attached hydrogens (tertiary/aromatic N) is 3. The fourth-order valence-corrected chi connectivity index (χ4v) is 2.99. The summed E-state index contributed by atoms with van der Waals surface area (Å²) in [7, 11) is -3.92. The predicted molar refractivity (Wildman–Crippen MR) is 81.2 cm³/mol. The number of nitrogens with one attached hydrogen (secondary N) is 1. The first-order valence-electron chi connectivity index (χ1n) is 6.43. The monoisotopic (exact) mass is 315 g/mol. The van der Waals surface area contributed by atoms with E-state index in [1.807, 2.05) is 31.2 Å². The zero-order chi connectivity index (χ0) is 15.7. The molecule has 0 aliphatic rings. The van der Waals surface area contributed by atoms with Gasteiger partial charge in [-0.25, -0.2) is 13.6 Å². The van der Waals surface area contributed by atoms with Gasteiger partial charge in [-0.05, 0) is 29.3 Å². The molecule has 112 valence electrons. The minimum Gasteiger partial charge on any atom is -0.225 e. The van der Waals surface area contributed by atoms with Crippen LogP contribution >= 0.6 is 0 Å². The number of aromatic nitrogens is 4. The Morgan fingerprint density at radius 1 is 1.09 bits per heavy atom. The summed E-state index contributed by atoms with van der Waals surface area (Å²) in [5.74, 6) is 0.181. The Morgan fingerprint density at radius 2 is 1.82 bits per heavy atom. The summed E-state index contributed by atoms with van der Waals surface area (Å²) in [5.41, 5.74) is 2.96. The normalized spacial score (nSPS) is 11.5. The number of hydrogen-bond acceptors (Lipinski definition) is 5. The maximum absolute atomic E-state index is 11.9. The highest BCUT2D eigenvalue weighted by molar-refractivity contribution is 7.89. The summed E-state index contributed by atoms with van der Waals surface area (Å²) < 4.78 is 23.8. The number of nitrogens with two attached hydrogens (primary N) is 1. The van der Waals surface area contributed by atoms with Crippen LogP contribution in [0, 0.1) is 6.92 Å². The minimum absolute atomic E-state index is 0.0352. The maximum Gasteiger partial charge on any atom is 0.238 e. The van der Waals surface area contributed by atoms with Crippen molar-refractivity contribution in [2.45, 2.75) is 11.8 Å². The Balaban J connectivity index is 2.34. The van der Waals surface area contributed by atoms with E-state index in [1.165, 1.54) is 6.07 Å². The average Bonchev–Trinajstić information content (AvgIpc) is 3.00. The van der Waals surface area contributed by atoms with Crippen LogP contribution in [0.2, 0.25) is 0 Å². The molecule has 0 atom stereocenters. The number of primary sulfonamides is 1. The zero-order valence-electron chi connectivity index (χ0n) is 11.7. The molecular formula is C14H13N5O2S. The Hall–Kier alpha value is -2.58. The van der Waals surface area contributed by atoms with Gasteiger partial charge in [-0.3, -0.25) is 0 Å². The molecule has 3 aromatic rings. The number of aryl methyl sites for hydroxylation is 1. The van der Waals surface area contributed by atoms with E-state index in [9.17, 15) is 8.42 Å². The molecule has 0 amide bonds. The Kier molecular flexibility index (Phi) is 3.47. The van der Waals surface area contributed by atoms with Crippen molar-refractivity contribution in [2.24, 2.45) is 5.14 Å². The van der Waals surface area contributed by atoms with E-state index in [0.29, 0.717) is 11.1 Å². The van der Waals surface area contributed by atoms with Crippen molar-refractivity contribution in [1.29, 1.82) is 0 Å². The Morgan fingerprint density at radius 3 is 2.41 bits per heavy atom. The number of hydrogen-bond donors (Lipinski definition) is 2. The highest BCUT2D eigenvalue weighted by Gasteiger charge is 2.22. The third kappa shape index (κ3) is 2.61. The van der Waals surface area contributed by atoms with Gasteiger partial charge >= 0.3 is 0 Å². The van der Waals surface area contributed by atoms with Gasteiger partial charge < -0.3 is 0 Å². The lowest BCUT2D eigenvalue weighted by Crippen LogP contribution is -2.14. The van der Waals surface area contributed by atoms with E-state index in [1.54, 1.807) is 12.1 Å². The summed E-state index contributed by atoms with van der Waals surface area (Å²) in [4.78, 5) is -0.0352. The first-order valence-corrected chi connectivity index (χ1v) is 7.98. The molecule has 1 aromatic heterocycles. The molecule has 0 spiro atoms. The molecule has 0 unspecified atom stereocenters. The second-order valence-electron chi connectivity index (χ2n) is 4.83. The zero-order valence-corrected chi connectivity index (χ0v) is 12.5. The van der Waals surface area contributed by atoms with E-state index < -0.39 is 10.0 Å². The molecule has 3 rings (SSSR count). The molecule has 0 radical (unpaired) electrons. The van der Waals surface area contributed by atoms with Gasteiger partial charge in [-0.2, -0.15) is 5.21 Å². The number of benzene rings is 2. The lowest BCUT2D eigenvalue weighted by molar-refractivity contribution is 0.598. The van der Waals surface area contributed by atoms with Gasteiger partial charge in [0.05, 0.1) is 10.5 Å². The third-order valence-corrected chi connectivity index (χ3v) is 4.22. The number of tetrazole rings is 1. The Bertz CT molecular complexity index is 903. The smallest absolute Gasteiger partial charge is 0.225 e. The van der Waals surface area contributed by atoms with Crippen LogP contribution in [0.1, 0.15) is 5.56 Å². The number of sulfonamides is 1. The lowest BCUT2D eigenvalue weighted by atomic mass is 9.98. The van der Waals surface area contributed by atoms with E-state index in [4.69, 9.17) is 5.14 Å². The van der Waals surface area contributed by atoms with Crippen LogP contribution in [0.3, 0.4) is 0 Å². The SMILES string of the molecule is Cc1ccc(-c2cccc(S(N)(=O)=O)c2-c2nn[nH]n2)cc1. The van der Waals surface area contributed by atoms with Crippen LogP contribution in [0.5, 0.6) is 0 Å². The fraction of sp³-hybridized carbons (Fsp3) is 0.0714. The topological polar surface area (TPSA) is 115 Å². The molecule has 0 bridgehead atoms. The molecule has 22 heavy (non-hydrogen) atoms. The quantitative estimate of drug-likeness (QED) is 0.760. The highest BCUT2D eigenvalue weighted by Crippen LogP contribution is 2.34. The summed E-state index contributed by atoms with van der Waals surface area (Å²) in [6.45, 7) is 1.98. The third-order valence-electron chi connectivity index (χ3n) is 3.26. The lowest BCUT2D eigenvalue weighted by Gasteiger charge is -2.11. The summed E-state index contributed by atoms with van der Waals surface area (Å²) >= 11 is 0. The minimum atomic E-state index is -3.92. The van der Waals surface area contributed by atoms with Crippen molar-refractivity contribution in [3.8, 4) is 22.5 Å². The number of H-pyrrole nitrogens is 1. The van der Waals surface area contributed by atoms with Crippen LogP contribution in [0.15, 0.2) is 47.4 Å². The molecule has 0 aliphatic heterocycles. The van der Waals surface area contributed by atoms with Crippen molar-refractivity contribution in [2.75, 3.05) is 0 Å². The van der Waals surface area contributed by atoms with Crippen molar-refractivity contribution in [3.05, 3.63) is 48.0 Å². The van der Waals surface area contributed by atoms with Gasteiger partial charge in [-0.1, -0.05) is 42.0 Å². The molecular weight excluding hydrogens is 302 g/mol. The average molecular weight is 315 g/mol. The number of rotatable bonds is 3. The van der Waals surface area contributed by atoms with Gasteiger partial charge in [0, 0.05) is 0 Å². The van der Waals surface area contributed by atoms with Crippen LogP contribution in [0.25, 0.3) is 22.5 Å². The van der Waals surface area contributed by atoms with E-state index >= 15 is 0 Å². The van der Waals surface area contributed by atoms with Crippen molar-refractivity contribution < 1.29 is 8.42 Å². The maximum atomic E-state index is 11.9. The molecule has 0 saturated heterocycles. The van der Waals surface area contributed by atoms with Crippen molar-refractivity contribution >= 4 is 10.0 Å². The van der Waals surface area contributed by atoms with Crippen molar-refractivity contribution in [3.63, 3.8) is 0 Å². The second-order valence-corrected chi connectivity index (χ2v) is 6.35. The van der Waals surface area contributed by atoms with Gasteiger partial charge in [0.2, 0.25) is 15.8 Å². The molecule has 0 aliphatic carbocycles. The van der Waals surface area contributed by atoms with Crippen LogP contribution in [-0.2, 0) is 10.0 Å². The van der Waals surface area contributed by atoms with E-state index in [0.717, 1.165) is 11.1 Å². The van der Waals surface area contributed by atoms with Crippen LogP contribution in [0.4, 0.5) is 0 Å². The molecule has 2 aromatic carbocycles. The van der Waals surface area contributed by atoms with Gasteiger partial charge in [0.15, 0.2) is 0 Å². The van der Waals surface area contributed by atoms with E-state index in [2.05, 4.69) is 20.6 Å². The summed E-state index contributed by atoms with van der Waals surface area (Å²) in [5, 5.41) is 18.9. The predicted octanol–water partition coefficient (Wildman–Crippen LogP) is 1.49. The molecule has 0 saturated carbocycles. The molecule has 8 heteroatoms. The van der Waals surface area contributed by atoms with Crippen LogP contribution in [-0.4, -0.2) is 29.0 Å². The van der Waals surface area contributed by atoms with Crippen LogP contribution < -0.4 is 5.14 Å². The fourth-order valence-electron chi connectivity index (χ4n) is 2.24. The number of aromatic amines is 1. The van der Waals surface area contributed by atoms with Gasteiger partial charge in [0.1, 0.15) is 0 Å². The Labute approximate surface area is 127 Å². The second kappa shape index (κ2) is 5.32. The van der Waals surface area contributed by atoms with Gasteiger partial charge in [-0.15, -0.1) is 10.2 Å². The summed E-state index contributed by atoms with van der Waals surface area (Å²) in [6.07, 6.45) is 0. The molecule has 3 N–H and O–H groups in total. The first kappa shape index (κ1) is 14.4. The van der Waals surface area contributed by atoms with E-state index in [-0.39, 0.29) is 10.7 Å². The molecule has 7 nitrogen and oxygen atoms in total. The van der Waals surface area contributed by atoms with Crippen molar-refractivity contribution in [1.82, 2.24) is 20.6 Å². The highest BCUT2D eigenvalue weighted by atomic mass is 32.2.